The number of rotatable bonds is 3. The molecule has 0 aliphatic carbocycles. The third-order valence-corrected chi connectivity index (χ3v) is 2.97. The third kappa shape index (κ3) is 2.50. The largest absolute Gasteiger partial charge is 0.298 e. The van der Waals surface area contributed by atoms with Crippen LogP contribution in [0.15, 0.2) is 53.0 Å². The molecular weight excluding hydrogens is 280 g/mol. The van der Waals surface area contributed by atoms with Gasteiger partial charge in [0.25, 0.3) is 0 Å². The van der Waals surface area contributed by atoms with Crippen molar-refractivity contribution in [3.05, 3.63) is 69.7 Å². The molecule has 2 nitrogen and oxygen atoms in total. The smallest absolute Gasteiger partial charge is 0.193 e. The second-order valence-corrected chi connectivity index (χ2v) is 4.46. The molecule has 0 radical (unpaired) electrons. The average molecular weight is 289 g/mol. The van der Waals surface area contributed by atoms with Crippen molar-refractivity contribution in [2.24, 2.45) is 0 Å². The predicted octanol–water partition coefficient (Wildman–Crippen LogP) is 3.49. The number of carbonyl (C=O) groups is 2. The van der Waals surface area contributed by atoms with Crippen LogP contribution in [-0.2, 0) is 0 Å². The lowest BCUT2D eigenvalue weighted by Crippen LogP contribution is -2.04. The summed E-state index contributed by atoms with van der Waals surface area (Å²) in [5, 5.41) is 0. The normalized spacial score (nSPS) is 9.94. The predicted molar refractivity (Wildman–Crippen MR) is 69.4 cm³/mol. The van der Waals surface area contributed by atoms with Crippen LogP contribution in [0.3, 0.4) is 0 Å². The molecule has 84 valence electrons. The zero-order chi connectivity index (χ0) is 12.3. The van der Waals surface area contributed by atoms with Crippen molar-refractivity contribution in [3.63, 3.8) is 0 Å². The number of hydrogen-bond donors (Lipinski definition) is 0. The second-order valence-electron chi connectivity index (χ2n) is 3.54. The van der Waals surface area contributed by atoms with Gasteiger partial charge in [-0.3, -0.25) is 9.59 Å². The molecular formula is C14H9BrO2. The molecule has 17 heavy (non-hydrogen) atoms. The molecule has 0 aromatic heterocycles. The van der Waals surface area contributed by atoms with E-state index in [4.69, 9.17) is 0 Å². The summed E-state index contributed by atoms with van der Waals surface area (Å²) in [5.74, 6) is -0.139. The van der Waals surface area contributed by atoms with Gasteiger partial charge >= 0.3 is 0 Å². The van der Waals surface area contributed by atoms with E-state index < -0.39 is 0 Å². The topological polar surface area (TPSA) is 34.1 Å². The van der Waals surface area contributed by atoms with E-state index in [1.807, 2.05) is 0 Å². The summed E-state index contributed by atoms with van der Waals surface area (Å²) in [7, 11) is 0. The minimum atomic E-state index is -0.139. The van der Waals surface area contributed by atoms with Crippen molar-refractivity contribution >= 4 is 28.0 Å². The lowest BCUT2D eigenvalue weighted by molar-refractivity contribution is 0.102. The summed E-state index contributed by atoms with van der Waals surface area (Å²) in [6.07, 6.45) is 0.700. The highest BCUT2D eigenvalue weighted by Crippen LogP contribution is 2.16. The van der Waals surface area contributed by atoms with E-state index in [0.717, 1.165) is 4.47 Å². The van der Waals surface area contributed by atoms with Crippen LogP contribution in [0.1, 0.15) is 26.3 Å². The Hall–Kier alpha value is -1.74. The minimum absolute atomic E-state index is 0.139. The number of hydrogen-bond acceptors (Lipinski definition) is 2. The van der Waals surface area contributed by atoms with Gasteiger partial charge in [0, 0.05) is 21.2 Å². The van der Waals surface area contributed by atoms with E-state index in [2.05, 4.69) is 15.9 Å². The SMILES string of the molecule is O=Cc1ccccc1C(=O)c1ccc(Br)cc1. The van der Waals surface area contributed by atoms with Crippen LogP contribution in [0, 0.1) is 0 Å². The molecule has 0 aliphatic rings. The Balaban J connectivity index is 2.43. The first-order chi connectivity index (χ1) is 8.22. The first-order valence-electron chi connectivity index (χ1n) is 5.07. The molecule has 0 spiro atoms. The van der Waals surface area contributed by atoms with E-state index in [9.17, 15) is 9.59 Å². The summed E-state index contributed by atoms with van der Waals surface area (Å²) in [6, 6.07) is 13.9. The molecule has 0 amide bonds. The van der Waals surface area contributed by atoms with Crippen molar-refractivity contribution in [1.29, 1.82) is 0 Å². The molecule has 0 saturated heterocycles. The third-order valence-electron chi connectivity index (χ3n) is 2.44. The quantitative estimate of drug-likeness (QED) is 0.640. The highest BCUT2D eigenvalue weighted by molar-refractivity contribution is 9.10. The van der Waals surface area contributed by atoms with Crippen LogP contribution in [0.5, 0.6) is 0 Å². The van der Waals surface area contributed by atoms with E-state index in [1.54, 1.807) is 48.5 Å². The molecule has 0 aliphatic heterocycles. The fourth-order valence-electron chi connectivity index (χ4n) is 1.56. The molecule has 2 rings (SSSR count). The Morgan fingerprint density at radius 1 is 1.00 bits per heavy atom. The molecule has 3 heteroatoms. The Morgan fingerprint density at radius 3 is 2.29 bits per heavy atom. The van der Waals surface area contributed by atoms with E-state index in [-0.39, 0.29) is 5.78 Å². The van der Waals surface area contributed by atoms with Crippen molar-refractivity contribution in [1.82, 2.24) is 0 Å². The van der Waals surface area contributed by atoms with Gasteiger partial charge in [-0.25, -0.2) is 0 Å². The van der Waals surface area contributed by atoms with E-state index in [1.165, 1.54) is 0 Å². The van der Waals surface area contributed by atoms with Crippen LogP contribution < -0.4 is 0 Å². The molecule has 0 saturated carbocycles. The molecule has 0 fully saturated rings. The van der Waals surface area contributed by atoms with Crippen molar-refractivity contribution in [2.45, 2.75) is 0 Å². The van der Waals surface area contributed by atoms with Gasteiger partial charge in [0.05, 0.1) is 0 Å². The zero-order valence-electron chi connectivity index (χ0n) is 8.89. The van der Waals surface area contributed by atoms with Crippen LogP contribution in [-0.4, -0.2) is 12.1 Å². The Kier molecular flexibility index (Phi) is 3.49. The Labute approximate surface area is 107 Å². The summed E-state index contributed by atoms with van der Waals surface area (Å²) in [4.78, 5) is 23.0. The number of ketones is 1. The molecule has 2 aromatic rings. The van der Waals surface area contributed by atoms with Gasteiger partial charge in [-0.15, -0.1) is 0 Å². The lowest BCUT2D eigenvalue weighted by atomic mass is 9.99. The maximum Gasteiger partial charge on any atom is 0.193 e. The monoisotopic (exact) mass is 288 g/mol. The summed E-state index contributed by atoms with van der Waals surface area (Å²) >= 11 is 3.31. The molecule has 0 atom stereocenters. The van der Waals surface area contributed by atoms with Gasteiger partial charge in [-0.1, -0.05) is 40.2 Å². The van der Waals surface area contributed by atoms with Crippen LogP contribution in [0.2, 0.25) is 0 Å². The van der Waals surface area contributed by atoms with Crippen LogP contribution >= 0.6 is 15.9 Å². The first-order valence-corrected chi connectivity index (χ1v) is 5.86. The summed E-state index contributed by atoms with van der Waals surface area (Å²) < 4.78 is 0.915. The van der Waals surface area contributed by atoms with Crippen molar-refractivity contribution in [3.8, 4) is 0 Å². The van der Waals surface area contributed by atoms with Gasteiger partial charge in [0.2, 0.25) is 0 Å². The van der Waals surface area contributed by atoms with Crippen LogP contribution in [0.4, 0.5) is 0 Å². The zero-order valence-corrected chi connectivity index (χ0v) is 10.5. The lowest BCUT2D eigenvalue weighted by Gasteiger charge is -2.03. The van der Waals surface area contributed by atoms with Crippen molar-refractivity contribution < 1.29 is 9.59 Å². The first kappa shape index (κ1) is 11.7. The molecule has 0 bridgehead atoms. The highest BCUT2D eigenvalue weighted by atomic mass is 79.9. The maximum absolute atomic E-state index is 12.2. The molecule has 2 aromatic carbocycles. The number of carbonyl (C=O) groups excluding carboxylic acids is 2. The minimum Gasteiger partial charge on any atom is -0.298 e. The standard InChI is InChI=1S/C14H9BrO2/c15-12-7-5-10(6-8-12)14(17)13-4-2-1-3-11(13)9-16/h1-9H. The average Bonchev–Trinajstić information content (AvgIpc) is 2.39. The van der Waals surface area contributed by atoms with Gasteiger partial charge < -0.3 is 0 Å². The molecule has 0 unspecified atom stereocenters. The van der Waals surface area contributed by atoms with E-state index in [0.29, 0.717) is 23.0 Å². The maximum atomic E-state index is 12.2. The number of halogens is 1. The number of aldehydes is 1. The van der Waals surface area contributed by atoms with Gasteiger partial charge in [0.1, 0.15) is 0 Å². The molecule has 0 heterocycles. The van der Waals surface area contributed by atoms with Gasteiger partial charge in [-0.2, -0.15) is 0 Å². The number of benzene rings is 2. The van der Waals surface area contributed by atoms with Gasteiger partial charge in [0.15, 0.2) is 12.1 Å². The molecule has 0 N–H and O–H groups in total. The van der Waals surface area contributed by atoms with Gasteiger partial charge in [-0.05, 0) is 24.3 Å². The fourth-order valence-corrected chi connectivity index (χ4v) is 1.83. The highest BCUT2D eigenvalue weighted by Gasteiger charge is 2.12. The second kappa shape index (κ2) is 5.06. The van der Waals surface area contributed by atoms with Crippen molar-refractivity contribution in [2.75, 3.05) is 0 Å². The summed E-state index contributed by atoms with van der Waals surface area (Å²) in [6.45, 7) is 0. The van der Waals surface area contributed by atoms with E-state index >= 15 is 0 Å². The summed E-state index contributed by atoms with van der Waals surface area (Å²) in [5.41, 5.74) is 1.42. The Morgan fingerprint density at radius 2 is 1.65 bits per heavy atom. The fraction of sp³-hybridized carbons (Fsp3) is 0. The Bertz CT molecular complexity index is 559. The van der Waals surface area contributed by atoms with Crippen LogP contribution in [0.25, 0.3) is 0 Å².